The third-order valence-corrected chi connectivity index (χ3v) is 9.45. The number of rotatable bonds is 30. The molecule has 0 N–H and O–H groups in total. The fraction of sp³-hybridized carbons (Fsp3) is 0.846. The molecule has 0 radical (unpaired) electrons. The van der Waals surface area contributed by atoms with E-state index in [4.69, 9.17) is 0 Å². The van der Waals surface area contributed by atoms with Gasteiger partial charge in [-0.2, -0.15) is 0 Å². The van der Waals surface area contributed by atoms with Gasteiger partial charge in [0, 0.05) is 5.56 Å². The molecule has 0 aliphatic carbocycles. The summed E-state index contributed by atoms with van der Waals surface area (Å²) in [5, 5.41) is 0. The van der Waals surface area contributed by atoms with Gasteiger partial charge in [0.25, 0.3) is 0 Å². The average Bonchev–Trinajstić information content (AvgIpc) is 2.95. The third kappa shape index (κ3) is 21.9. The van der Waals surface area contributed by atoms with Crippen LogP contribution < -0.4 is 0 Å². The van der Waals surface area contributed by atoms with E-state index in [0.717, 1.165) is 10.5 Å². The van der Waals surface area contributed by atoms with Gasteiger partial charge in [0.1, 0.15) is 6.54 Å². The molecule has 1 heteroatoms. The normalized spacial score (nSPS) is 12.7. The summed E-state index contributed by atoms with van der Waals surface area (Å²) in [4.78, 5) is 0. The van der Waals surface area contributed by atoms with Crippen LogP contribution in [0.4, 0.5) is 0 Å². The van der Waals surface area contributed by atoms with Crippen LogP contribution in [0, 0.1) is 0 Å². The fourth-order valence-electron chi connectivity index (χ4n) is 6.65. The monoisotopic (exact) mass is 557 g/mol. The summed E-state index contributed by atoms with van der Waals surface area (Å²) >= 11 is 0. The molecule has 234 valence electrons. The minimum Gasteiger partial charge on any atom is -0.322 e. The summed E-state index contributed by atoms with van der Waals surface area (Å²) in [6.45, 7) is 5.79. The molecule has 1 aromatic carbocycles. The zero-order chi connectivity index (χ0) is 29.0. The van der Waals surface area contributed by atoms with Gasteiger partial charge in [-0.25, -0.2) is 0 Å². The Labute approximate surface area is 253 Å². The fourth-order valence-corrected chi connectivity index (χ4v) is 6.65. The Morgan fingerprint density at radius 2 is 0.725 bits per heavy atom. The van der Waals surface area contributed by atoms with E-state index in [0.29, 0.717) is 0 Å². The van der Waals surface area contributed by atoms with Gasteiger partial charge in [0.05, 0.1) is 20.1 Å². The highest BCUT2D eigenvalue weighted by Crippen LogP contribution is 2.25. The minimum atomic E-state index is 0.802. The molecule has 0 spiro atoms. The number of unbranched alkanes of at least 4 members (excludes halogenated alkanes) is 23. The molecule has 1 unspecified atom stereocenters. The molecule has 0 aliphatic heterocycles. The predicted octanol–water partition coefficient (Wildman–Crippen LogP) is 13.2. The summed E-state index contributed by atoms with van der Waals surface area (Å²) < 4.78 is 1.15. The highest BCUT2D eigenvalue weighted by molar-refractivity contribution is 5.13. The van der Waals surface area contributed by atoms with Crippen molar-refractivity contribution in [3.8, 4) is 0 Å². The van der Waals surface area contributed by atoms with Crippen molar-refractivity contribution >= 4 is 0 Å². The molecule has 1 atom stereocenters. The molecule has 1 rings (SSSR count). The predicted molar refractivity (Wildman–Crippen MR) is 182 cm³/mol. The molecule has 0 aliphatic rings. The zero-order valence-corrected chi connectivity index (χ0v) is 28.2. The van der Waals surface area contributed by atoms with Gasteiger partial charge in [-0.3, -0.25) is 0 Å². The van der Waals surface area contributed by atoms with Gasteiger partial charge in [0.15, 0.2) is 0 Å². The van der Waals surface area contributed by atoms with Crippen LogP contribution >= 0.6 is 0 Å². The second kappa shape index (κ2) is 27.0. The van der Waals surface area contributed by atoms with Crippen molar-refractivity contribution in [1.29, 1.82) is 0 Å². The van der Waals surface area contributed by atoms with Crippen molar-refractivity contribution in [2.75, 3.05) is 14.1 Å². The minimum absolute atomic E-state index is 0.802. The molecule has 0 saturated carbocycles. The smallest absolute Gasteiger partial charge is 0.104 e. The van der Waals surface area contributed by atoms with Gasteiger partial charge < -0.3 is 4.48 Å². The number of benzene rings is 1. The molecule has 1 nitrogen and oxygen atoms in total. The van der Waals surface area contributed by atoms with E-state index in [9.17, 15) is 0 Å². The lowest BCUT2D eigenvalue weighted by molar-refractivity contribution is -0.928. The Morgan fingerprint density at radius 1 is 0.425 bits per heavy atom. The van der Waals surface area contributed by atoms with Crippen LogP contribution in [-0.4, -0.2) is 24.6 Å². The van der Waals surface area contributed by atoms with Crippen molar-refractivity contribution in [1.82, 2.24) is 0 Å². The Kier molecular flexibility index (Phi) is 25.2. The van der Waals surface area contributed by atoms with Crippen LogP contribution in [-0.2, 0) is 6.54 Å². The van der Waals surface area contributed by atoms with E-state index < -0.39 is 0 Å². The first-order valence-corrected chi connectivity index (χ1v) is 18.5. The lowest BCUT2D eigenvalue weighted by Crippen LogP contribution is -2.48. The van der Waals surface area contributed by atoms with E-state index in [1.54, 1.807) is 0 Å². The second-order valence-electron chi connectivity index (χ2n) is 13.8. The lowest BCUT2D eigenvalue weighted by Gasteiger charge is -2.39. The number of hydrogen-bond acceptors (Lipinski definition) is 0. The van der Waals surface area contributed by atoms with Crippen LogP contribution in [0.15, 0.2) is 30.3 Å². The molecular formula is C39H74N+. The highest BCUT2D eigenvalue weighted by atomic mass is 15.3. The quantitative estimate of drug-likeness (QED) is 0.0653. The van der Waals surface area contributed by atoms with E-state index >= 15 is 0 Å². The summed E-state index contributed by atoms with van der Waals surface area (Å²) in [7, 11) is 5.00. The zero-order valence-electron chi connectivity index (χ0n) is 28.2. The molecule has 0 heterocycles. The van der Waals surface area contributed by atoms with Gasteiger partial charge >= 0.3 is 0 Å². The van der Waals surface area contributed by atoms with Crippen LogP contribution in [0.3, 0.4) is 0 Å². The van der Waals surface area contributed by atoms with Crippen molar-refractivity contribution in [3.05, 3.63) is 35.9 Å². The summed E-state index contributed by atoms with van der Waals surface area (Å²) in [5.41, 5.74) is 1.50. The summed E-state index contributed by atoms with van der Waals surface area (Å²) in [6, 6.07) is 12.0. The van der Waals surface area contributed by atoms with Crippen LogP contribution in [0.5, 0.6) is 0 Å². The second-order valence-corrected chi connectivity index (χ2v) is 13.8. The van der Waals surface area contributed by atoms with Crippen LogP contribution in [0.1, 0.15) is 193 Å². The Hall–Kier alpha value is -0.820. The maximum Gasteiger partial charge on any atom is 0.104 e. The first-order chi connectivity index (χ1) is 19.6. The first-order valence-electron chi connectivity index (χ1n) is 18.5. The molecule has 0 saturated heterocycles. The molecule has 0 aromatic heterocycles. The van der Waals surface area contributed by atoms with Crippen molar-refractivity contribution in [3.63, 3.8) is 0 Å². The van der Waals surface area contributed by atoms with Crippen molar-refractivity contribution in [2.24, 2.45) is 0 Å². The topological polar surface area (TPSA) is 0 Å². The summed E-state index contributed by atoms with van der Waals surface area (Å²) in [5.74, 6) is 0. The number of quaternary nitrogens is 1. The lowest BCUT2D eigenvalue weighted by atomic mass is 9.96. The third-order valence-electron chi connectivity index (χ3n) is 9.45. The Morgan fingerprint density at radius 3 is 1.05 bits per heavy atom. The van der Waals surface area contributed by atoms with E-state index in [1.807, 2.05) is 0 Å². The molecule has 40 heavy (non-hydrogen) atoms. The Bertz CT molecular complexity index is 621. The maximum atomic E-state index is 2.50. The maximum absolute atomic E-state index is 2.50. The van der Waals surface area contributed by atoms with Crippen LogP contribution in [0.25, 0.3) is 0 Å². The Balaban J connectivity index is 2.23. The number of hydrogen-bond donors (Lipinski definition) is 0. The van der Waals surface area contributed by atoms with Crippen molar-refractivity contribution in [2.45, 2.75) is 200 Å². The molecule has 0 fully saturated rings. The average molecular weight is 557 g/mol. The van der Waals surface area contributed by atoms with Gasteiger partial charge in [-0.1, -0.05) is 192 Å². The van der Waals surface area contributed by atoms with E-state index in [1.165, 1.54) is 185 Å². The largest absolute Gasteiger partial charge is 0.322 e. The van der Waals surface area contributed by atoms with E-state index in [-0.39, 0.29) is 0 Å². The standard InChI is InChI=1S/C39H74N/c1-5-7-9-11-13-15-17-19-21-23-25-27-32-36-39(40(3,4)37-38-33-29-28-30-34-38)35-31-26-24-22-20-18-16-14-12-10-8-6-2/h28-30,33-34,39H,5-27,31-32,35-37H2,1-4H3/q+1. The van der Waals surface area contributed by atoms with Gasteiger partial charge in [-0.05, 0) is 25.7 Å². The van der Waals surface area contributed by atoms with E-state index in [2.05, 4.69) is 58.3 Å². The highest BCUT2D eigenvalue weighted by Gasteiger charge is 2.27. The van der Waals surface area contributed by atoms with Gasteiger partial charge in [0.2, 0.25) is 0 Å². The van der Waals surface area contributed by atoms with Crippen LogP contribution in [0.2, 0.25) is 0 Å². The molecular weight excluding hydrogens is 482 g/mol. The summed E-state index contributed by atoms with van der Waals surface area (Å²) in [6.07, 6.45) is 39.0. The molecule has 0 amide bonds. The van der Waals surface area contributed by atoms with Crippen molar-refractivity contribution < 1.29 is 4.48 Å². The number of nitrogens with zero attached hydrogens (tertiary/aromatic N) is 1. The van der Waals surface area contributed by atoms with Gasteiger partial charge in [-0.15, -0.1) is 0 Å². The first kappa shape index (κ1) is 37.2. The SMILES string of the molecule is CCCCCCCCCCCCCCCC(CCCCCCCCCCCCCC)[N+](C)(C)Cc1ccccc1. The molecule has 1 aromatic rings. The molecule has 0 bridgehead atoms.